The van der Waals surface area contributed by atoms with E-state index in [0.717, 1.165) is 0 Å². The molecule has 0 saturated heterocycles. The summed E-state index contributed by atoms with van der Waals surface area (Å²) in [7, 11) is 4.99. The number of aliphatic hydroxyl groups excluding tert-OH is 1. The van der Waals surface area contributed by atoms with Crippen LogP contribution in [0.15, 0.2) is 17.0 Å². The number of hydrogen-bond donors (Lipinski definition) is 1. The summed E-state index contributed by atoms with van der Waals surface area (Å²) in [6, 6.07) is 1.89. The van der Waals surface area contributed by atoms with E-state index in [4.69, 9.17) is 14.7 Å². The van der Waals surface area contributed by atoms with E-state index < -0.39 is 6.10 Å². The maximum absolute atomic E-state index is 9.82. The van der Waals surface area contributed by atoms with Crippen molar-refractivity contribution in [2.45, 2.75) is 31.4 Å². The lowest BCUT2D eigenvalue weighted by molar-refractivity contribution is 0.0525. The minimum absolute atomic E-state index is 0.128. The molecule has 20 heavy (non-hydrogen) atoms. The molecule has 0 fully saturated rings. The number of ether oxygens (including phenoxy) is 2. The van der Waals surface area contributed by atoms with E-state index in [-0.39, 0.29) is 17.4 Å². The van der Waals surface area contributed by atoms with Gasteiger partial charge >= 0.3 is 0 Å². The number of aliphatic hydroxyl groups is 1. The molecule has 1 heterocycles. The zero-order valence-electron chi connectivity index (χ0n) is 12.4. The molecule has 0 aromatic rings. The van der Waals surface area contributed by atoms with Gasteiger partial charge in [-0.2, -0.15) is 10.3 Å². The van der Waals surface area contributed by atoms with Gasteiger partial charge in [-0.1, -0.05) is 25.6 Å². The van der Waals surface area contributed by atoms with Crippen molar-refractivity contribution >= 4 is 16.9 Å². The second-order valence-electron chi connectivity index (χ2n) is 4.74. The summed E-state index contributed by atoms with van der Waals surface area (Å²) in [5.74, 6) is 0.593. The highest BCUT2D eigenvalue weighted by atomic mass is 32.2. The first-order valence-corrected chi connectivity index (χ1v) is 7.17. The van der Waals surface area contributed by atoms with Gasteiger partial charge in [0, 0.05) is 20.2 Å². The largest absolute Gasteiger partial charge is 0.481 e. The van der Waals surface area contributed by atoms with Crippen LogP contribution in [0.5, 0.6) is 0 Å². The predicted molar refractivity (Wildman–Crippen MR) is 78.9 cm³/mol. The molecule has 6 nitrogen and oxygen atoms in total. The van der Waals surface area contributed by atoms with Crippen molar-refractivity contribution in [3.8, 4) is 6.07 Å². The van der Waals surface area contributed by atoms with Gasteiger partial charge in [0.25, 0.3) is 0 Å². The summed E-state index contributed by atoms with van der Waals surface area (Å²) in [5.41, 5.74) is 0. The molecule has 112 valence electrons. The van der Waals surface area contributed by atoms with E-state index in [1.807, 2.05) is 31.9 Å². The van der Waals surface area contributed by atoms with Crippen LogP contribution in [-0.4, -0.2) is 54.0 Å². The summed E-state index contributed by atoms with van der Waals surface area (Å²) >= 11 is 1.36. The number of hydrogen-bond acceptors (Lipinski definition) is 7. The Kier molecular flexibility index (Phi) is 6.33. The highest BCUT2D eigenvalue weighted by Crippen LogP contribution is 2.29. The second-order valence-corrected chi connectivity index (χ2v) is 5.89. The summed E-state index contributed by atoms with van der Waals surface area (Å²) in [6.45, 7) is 3.92. The molecule has 0 amide bonds. The van der Waals surface area contributed by atoms with Gasteiger partial charge in [-0.15, -0.1) is 0 Å². The van der Waals surface area contributed by atoms with Gasteiger partial charge in [-0.05, 0) is 5.92 Å². The summed E-state index contributed by atoms with van der Waals surface area (Å²) in [6.07, 6.45) is 0.431. The third-order valence-corrected chi connectivity index (χ3v) is 4.63. The molecule has 3 atom stereocenters. The lowest BCUT2D eigenvalue weighted by Gasteiger charge is -2.33. The Labute approximate surface area is 124 Å². The maximum atomic E-state index is 9.82. The van der Waals surface area contributed by atoms with Gasteiger partial charge in [0.2, 0.25) is 5.88 Å². The quantitative estimate of drug-likeness (QED) is 0.773. The first-order valence-electron chi connectivity index (χ1n) is 6.29. The first kappa shape index (κ1) is 16.8. The standard InChI is InChI=1S/C13H21N3O3S/c1-8(2)12(9(17)7-14)20-13-15-10(18-4)6-11(19-5)16(13)3/h6,8-9,11-12,17H,1-5H3. The number of aliphatic imine (C=N–C) groups is 1. The first-order chi connectivity index (χ1) is 9.44. The number of amidine groups is 1. The van der Waals surface area contributed by atoms with E-state index in [1.54, 1.807) is 20.3 Å². The number of nitriles is 1. The lowest BCUT2D eigenvalue weighted by atomic mass is 10.1. The van der Waals surface area contributed by atoms with Crippen LogP contribution in [0.25, 0.3) is 0 Å². The third-order valence-electron chi connectivity index (χ3n) is 2.97. The van der Waals surface area contributed by atoms with E-state index in [9.17, 15) is 5.11 Å². The van der Waals surface area contributed by atoms with Crippen LogP contribution in [0.3, 0.4) is 0 Å². The van der Waals surface area contributed by atoms with Crippen molar-refractivity contribution in [2.75, 3.05) is 21.3 Å². The number of methoxy groups -OCH3 is 2. The molecule has 1 aliphatic rings. The van der Waals surface area contributed by atoms with Crippen molar-refractivity contribution < 1.29 is 14.6 Å². The topological polar surface area (TPSA) is 78.1 Å². The maximum Gasteiger partial charge on any atom is 0.215 e. The fraction of sp³-hybridized carbons (Fsp3) is 0.692. The molecule has 0 saturated carbocycles. The Morgan fingerprint density at radius 3 is 2.60 bits per heavy atom. The molecule has 0 spiro atoms. The van der Waals surface area contributed by atoms with E-state index in [2.05, 4.69) is 4.99 Å². The second kappa shape index (κ2) is 7.53. The Bertz CT molecular complexity index is 431. The monoisotopic (exact) mass is 299 g/mol. The van der Waals surface area contributed by atoms with Gasteiger partial charge in [-0.25, -0.2) is 0 Å². The minimum atomic E-state index is -1.05. The molecule has 7 heteroatoms. The SMILES string of the molecule is COC1=CC(OC)N(C)C(SC(C(C)C)C(O)C#N)=N1. The van der Waals surface area contributed by atoms with Crippen LogP contribution in [0.1, 0.15) is 13.8 Å². The molecule has 1 N–H and O–H groups in total. The number of likely N-dealkylation sites (N-methyl/N-ethyl adjacent to an activating group) is 1. The van der Waals surface area contributed by atoms with Crippen LogP contribution < -0.4 is 0 Å². The van der Waals surface area contributed by atoms with E-state index in [1.165, 1.54) is 11.8 Å². The smallest absolute Gasteiger partial charge is 0.215 e. The molecular weight excluding hydrogens is 278 g/mol. The zero-order valence-corrected chi connectivity index (χ0v) is 13.2. The Morgan fingerprint density at radius 2 is 2.15 bits per heavy atom. The van der Waals surface area contributed by atoms with Crippen molar-refractivity contribution in [2.24, 2.45) is 10.9 Å². The van der Waals surface area contributed by atoms with E-state index in [0.29, 0.717) is 11.1 Å². The van der Waals surface area contributed by atoms with Crippen molar-refractivity contribution in [3.05, 3.63) is 12.0 Å². The lowest BCUT2D eigenvalue weighted by Crippen LogP contribution is -2.40. The summed E-state index contributed by atoms with van der Waals surface area (Å²) in [5, 5.41) is 19.1. The van der Waals surface area contributed by atoms with Gasteiger partial charge in [0.15, 0.2) is 17.5 Å². The summed E-state index contributed by atoms with van der Waals surface area (Å²) < 4.78 is 10.5. The Hall–Kier alpha value is -1.23. The molecule has 0 aromatic carbocycles. The zero-order chi connectivity index (χ0) is 15.3. The average Bonchev–Trinajstić information content (AvgIpc) is 2.44. The molecule has 0 aromatic heterocycles. The van der Waals surface area contributed by atoms with Crippen LogP contribution >= 0.6 is 11.8 Å². The van der Waals surface area contributed by atoms with Crippen molar-refractivity contribution in [3.63, 3.8) is 0 Å². The molecule has 0 radical (unpaired) electrons. The van der Waals surface area contributed by atoms with E-state index >= 15 is 0 Å². The third kappa shape index (κ3) is 3.88. The highest BCUT2D eigenvalue weighted by Gasteiger charge is 2.30. The van der Waals surface area contributed by atoms with Crippen LogP contribution in [-0.2, 0) is 9.47 Å². The Morgan fingerprint density at radius 1 is 1.50 bits per heavy atom. The van der Waals surface area contributed by atoms with Gasteiger partial charge < -0.3 is 19.5 Å². The van der Waals surface area contributed by atoms with Gasteiger partial charge in [0.1, 0.15) is 0 Å². The molecule has 0 aliphatic carbocycles. The van der Waals surface area contributed by atoms with Crippen LogP contribution in [0, 0.1) is 17.2 Å². The van der Waals surface area contributed by atoms with Gasteiger partial charge in [0.05, 0.1) is 18.4 Å². The fourth-order valence-electron chi connectivity index (χ4n) is 1.76. The van der Waals surface area contributed by atoms with Crippen molar-refractivity contribution in [1.82, 2.24) is 4.90 Å². The van der Waals surface area contributed by atoms with Crippen LogP contribution in [0.4, 0.5) is 0 Å². The molecule has 0 bridgehead atoms. The number of thioether (sulfide) groups is 1. The highest BCUT2D eigenvalue weighted by molar-refractivity contribution is 8.14. The molecule has 1 aliphatic heterocycles. The Balaban J connectivity index is 2.96. The normalized spacial score (nSPS) is 21.9. The number of rotatable bonds is 5. The van der Waals surface area contributed by atoms with Crippen LogP contribution in [0.2, 0.25) is 0 Å². The van der Waals surface area contributed by atoms with Crippen molar-refractivity contribution in [1.29, 1.82) is 5.26 Å². The summed E-state index contributed by atoms with van der Waals surface area (Å²) in [4.78, 5) is 6.20. The molecule has 3 unspecified atom stereocenters. The fourth-order valence-corrected chi connectivity index (χ4v) is 2.88. The molecular formula is C13H21N3O3S. The predicted octanol–water partition coefficient (Wildman–Crippen LogP) is 1.39. The minimum Gasteiger partial charge on any atom is -0.481 e. The van der Waals surface area contributed by atoms with Gasteiger partial charge in [-0.3, -0.25) is 0 Å². The molecule has 1 rings (SSSR count). The average molecular weight is 299 g/mol. The number of nitrogens with zero attached hydrogens (tertiary/aromatic N) is 3.